The quantitative estimate of drug-likeness (QED) is 0.120. The van der Waals surface area contributed by atoms with Crippen LogP contribution in [0.3, 0.4) is 0 Å². The van der Waals surface area contributed by atoms with Crippen LogP contribution in [0.4, 0.5) is 11.4 Å². The predicted molar refractivity (Wildman–Crippen MR) is 216 cm³/mol. The van der Waals surface area contributed by atoms with E-state index in [1.165, 1.54) is 16.4 Å². The van der Waals surface area contributed by atoms with Gasteiger partial charge in [0.2, 0.25) is 5.91 Å². The van der Waals surface area contributed by atoms with Gasteiger partial charge in [-0.1, -0.05) is 57.2 Å². The number of amides is 1. The maximum Gasteiger partial charge on any atom is 0.316 e. The number of rotatable bonds is 11. The summed E-state index contributed by atoms with van der Waals surface area (Å²) < 4.78 is 7.97. The van der Waals surface area contributed by atoms with E-state index >= 15 is 0 Å². The van der Waals surface area contributed by atoms with Gasteiger partial charge in [0, 0.05) is 72.5 Å². The number of aliphatic hydroxyl groups excluding tert-OH is 1. The minimum absolute atomic E-state index is 0.00980. The minimum Gasteiger partial charge on any atom is -0.508 e. The first-order valence-corrected chi connectivity index (χ1v) is 20.9. The molecule has 4 fully saturated rings. The van der Waals surface area contributed by atoms with E-state index in [9.17, 15) is 24.6 Å². The van der Waals surface area contributed by atoms with Crippen LogP contribution in [-0.2, 0) is 32.2 Å². The number of aromatic hydroxyl groups is 1. The molecule has 13 heteroatoms. The highest BCUT2D eigenvalue weighted by Crippen LogP contribution is 2.68. The molecule has 0 unspecified atom stereocenters. The Labute approximate surface area is 334 Å². The average molecular weight is 785 g/mol. The number of phenols is 1. The average Bonchev–Trinajstić information content (AvgIpc) is 3.78. The number of para-hydroxylation sites is 1. The van der Waals surface area contributed by atoms with Crippen LogP contribution in [0.2, 0.25) is 0 Å². The maximum atomic E-state index is 13.8. The van der Waals surface area contributed by atoms with Crippen molar-refractivity contribution in [1.29, 1.82) is 0 Å². The topological polar surface area (TPSA) is 150 Å². The fourth-order valence-electron chi connectivity index (χ4n) is 10.4. The Morgan fingerprint density at radius 1 is 1.09 bits per heavy atom. The van der Waals surface area contributed by atoms with Crippen molar-refractivity contribution in [1.82, 2.24) is 19.9 Å². The lowest BCUT2D eigenvalue weighted by Gasteiger charge is -2.61. The molecule has 300 valence electrons. The number of anilines is 2. The Kier molecular flexibility index (Phi) is 11.4. The Hall–Kier alpha value is -4.20. The normalized spacial score (nSPS) is 31.9. The van der Waals surface area contributed by atoms with E-state index in [4.69, 9.17) is 4.74 Å². The molecule has 56 heavy (non-hydrogen) atoms. The van der Waals surface area contributed by atoms with E-state index < -0.39 is 29.0 Å². The zero-order valence-corrected chi connectivity index (χ0v) is 33.8. The van der Waals surface area contributed by atoms with Crippen LogP contribution in [-0.4, -0.2) is 91.9 Å². The van der Waals surface area contributed by atoms with Crippen molar-refractivity contribution < 1.29 is 29.3 Å². The summed E-state index contributed by atoms with van der Waals surface area (Å²) in [6.45, 7) is 16.5. The number of benzene rings is 2. The lowest BCUT2D eigenvalue weighted by Crippen LogP contribution is -2.63. The van der Waals surface area contributed by atoms with Crippen LogP contribution in [0.15, 0.2) is 72.3 Å². The Balaban J connectivity index is 0.960. The second-order valence-electron chi connectivity index (χ2n) is 17.1. The first kappa shape index (κ1) is 40.0. The number of Topliss-reactive ketones (excluding diaryl/α,β-unsaturated/α-hetero) is 1. The van der Waals surface area contributed by atoms with Gasteiger partial charge in [-0.05, 0) is 67.2 Å². The number of ketones is 1. The number of carbonyl (C=O) groups is 3. The minimum atomic E-state index is -0.722. The first-order chi connectivity index (χ1) is 26.8. The number of aromatic nitrogens is 3. The van der Waals surface area contributed by atoms with E-state index in [0.717, 1.165) is 61.7 Å². The molecule has 8 atom stereocenters. The summed E-state index contributed by atoms with van der Waals surface area (Å²) >= 11 is 1.29. The fraction of sp³-hybridized carbons (Fsp3) is 0.558. The molecule has 0 spiro atoms. The zero-order chi connectivity index (χ0) is 39.8. The second-order valence-corrected chi connectivity index (χ2v) is 18.1. The molecule has 0 radical (unpaired) electrons. The van der Waals surface area contributed by atoms with Crippen molar-refractivity contribution in [2.24, 2.45) is 34.0 Å². The molecule has 1 aromatic heterocycles. The van der Waals surface area contributed by atoms with Gasteiger partial charge >= 0.3 is 5.97 Å². The van der Waals surface area contributed by atoms with Gasteiger partial charge in [0.05, 0.1) is 29.4 Å². The van der Waals surface area contributed by atoms with Crippen LogP contribution in [0.5, 0.6) is 5.75 Å². The maximum absolute atomic E-state index is 13.8. The summed E-state index contributed by atoms with van der Waals surface area (Å²) in [5.74, 6) is -0.409. The largest absolute Gasteiger partial charge is 0.508 e. The molecule has 2 aromatic carbocycles. The smallest absolute Gasteiger partial charge is 0.316 e. The predicted octanol–water partition coefficient (Wildman–Crippen LogP) is 5.94. The zero-order valence-electron chi connectivity index (χ0n) is 33.0. The van der Waals surface area contributed by atoms with Gasteiger partial charge in [0.15, 0.2) is 0 Å². The number of hydrogen-bond donors (Lipinski definition) is 3. The summed E-state index contributed by atoms with van der Waals surface area (Å²) in [5.41, 5.74) is 0.742. The molecule has 2 bridgehead atoms. The number of aliphatic hydroxyl groups is 1. The lowest BCUT2D eigenvalue weighted by molar-refractivity contribution is -0.205. The van der Waals surface area contributed by atoms with Crippen molar-refractivity contribution in [3.05, 3.63) is 73.1 Å². The van der Waals surface area contributed by atoms with Gasteiger partial charge in [0.1, 0.15) is 24.2 Å². The van der Waals surface area contributed by atoms with Crippen molar-refractivity contribution in [2.75, 3.05) is 42.1 Å². The van der Waals surface area contributed by atoms with Crippen LogP contribution < -0.4 is 10.2 Å². The van der Waals surface area contributed by atoms with Gasteiger partial charge in [0.25, 0.3) is 0 Å². The number of nitrogens with zero attached hydrogens (tertiary/aromatic N) is 5. The third kappa shape index (κ3) is 7.61. The fourth-order valence-corrected chi connectivity index (χ4v) is 11.2. The van der Waals surface area contributed by atoms with E-state index in [1.807, 2.05) is 43.3 Å². The summed E-state index contributed by atoms with van der Waals surface area (Å²) in [6, 6.07) is 14.7. The molecule has 3 N–H and O–H groups in total. The van der Waals surface area contributed by atoms with Crippen LogP contribution in [0.1, 0.15) is 65.5 Å². The third-order valence-electron chi connectivity index (χ3n) is 13.9. The number of carbonyl (C=O) groups excluding carboxylic acids is 3. The van der Waals surface area contributed by atoms with Gasteiger partial charge < -0.3 is 25.2 Å². The van der Waals surface area contributed by atoms with Crippen LogP contribution in [0.25, 0.3) is 0 Å². The molecule has 3 aliphatic carbocycles. The number of ether oxygens (including phenoxy) is 1. The molecule has 2 heterocycles. The number of nitrogens with one attached hydrogen (secondary N) is 1. The summed E-state index contributed by atoms with van der Waals surface area (Å²) in [4.78, 5) is 46.0. The SMILES string of the molecule is C=C[C@]1(C)C[C@@H](OC(=O)CSc2ccccc2NC(=O)Cn2cc(CN3CCN(c4cccc(O)c4)CC3)nn2)[C@]2(C)[C@H](C)CC[C@]3(CCC(=O)[C@H]32)[C@@H](C)[C@@H]1O. The van der Waals surface area contributed by atoms with Gasteiger partial charge in [-0.2, -0.15) is 0 Å². The van der Waals surface area contributed by atoms with Crippen molar-refractivity contribution in [3.8, 4) is 5.75 Å². The van der Waals surface area contributed by atoms with Crippen molar-refractivity contribution in [3.63, 3.8) is 0 Å². The highest BCUT2D eigenvalue weighted by molar-refractivity contribution is 8.00. The van der Waals surface area contributed by atoms with E-state index in [2.05, 4.69) is 52.8 Å². The molecular weight excluding hydrogens is 729 g/mol. The van der Waals surface area contributed by atoms with E-state index in [1.54, 1.807) is 24.4 Å². The van der Waals surface area contributed by atoms with Crippen molar-refractivity contribution >= 4 is 40.8 Å². The summed E-state index contributed by atoms with van der Waals surface area (Å²) in [5, 5.41) is 33.2. The first-order valence-electron chi connectivity index (χ1n) is 20.0. The number of piperazine rings is 1. The molecule has 7 rings (SSSR count). The molecule has 3 saturated carbocycles. The summed E-state index contributed by atoms with van der Waals surface area (Å²) in [6.07, 6.45) is 5.71. The molecule has 1 saturated heterocycles. The molecule has 1 aliphatic heterocycles. The monoisotopic (exact) mass is 784 g/mol. The highest BCUT2D eigenvalue weighted by Gasteiger charge is 2.68. The van der Waals surface area contributed by atoms with Crippen LogP contribution in [0, 0.1) is 34.0 Å². The summed E-state index contributed by atoms with van der Waals surface area (Å²) in [7, 11) is 0. The molecule has 3 aromatic rings. The molecule has 12 nitrogen and oxygen atoms in total. The number of phenolic OH excluding ortho intramolecular Hbond substituents is 1. The number of hydrogen-bond acceptors (Lipinski definition) is 11. The van der Waals surface area contributed by atoms with Gasteiger partial charge in [-0.3, -0.25) is 19.3 Å². The van der Waals surface area contributed by atoms with Gasteiger partial charge in [-0.15, -0.1) is 23.4 Å². The molecular formula is C43H56N6O6S. The highest BCUT2D eigenvalue weighted by atomic mass is 32.2. The molecule has 4 aliphatic rings. The van der Waals surface area contributed by atoms with Gasteiger partial charge in [-0.25, -0.2) is 4.68 Å². The Morgan fingerprint density at radius 2 is 1.86 bits per heavy atom. The van der Waals surface area contributed by atoms with E-state index in [-0.39, 0.29) is 52.9 Å². The van der Waals surface area contributed by atoms with Crippen LogP contribution >= 0.6 is 11.8 Å². The second kappa shape index (κ2) is 16.0. The Bertz CT molecular complexity index is 1950. The van der Waals surface area contributed by atoms with Crippen molar-refractivity contribution in [2.45, 2.75) is 90.0 Å². The standard InChI is InChI=1S/C43H56N6O6S/c1-6-41(4)23-36(42(5)28(2)14-16-43(29(3)40(41)54)17-15-34(51)39(42)43)55-38(53)27-56-35-13-8-7-12-33(35)44-37(52)26-49-25-30(45-46-49)24-47-18-20-48(21-19-47)31-10-9-11-32(50)22-31/h6-13,22,25,28-29,36,39-40,50,54H,1,14-21,23-24,26-27H2,2-5H3,(H,44,52)/t28-,29+,36-,39+,40+,41-,42+,43+/m1/s1. The Morgan fingerprint density at radius 3 is 2.61 bits per heavy atom. The number of thioether (sulfide) groups is 1. The third-order valence-corrected chi connectivity index (χ3v) is 15.0. The van der Waals surface area contributed by atoms with E-state index in [0.29, 0.717) is 25.1 Å². The number of esters is 1. The molecule has 1 amide bonds. The lowest BCUT2D eigenvalue weighted by atomic mass is 9.44.